The molecule has 0 spiro atoms. The molecule has 1 heterocycles. The Bertz CT molecular complexity index is 522. The monoisotopic (exact) mass is 246 g/mol. The third-order valence-electron chi connectivity index (χ3n) is 2.63. The maximum absolute atomic E-state index is 10.7. The number of nitrogens with one attached hydrogen (secondary N) is 1. The van der Waals surface area contributed by atoms with Gasteiger partial charge < -0.3 is 14.8 Å². The molecule has 0 amide bonds. The minimum atomic E-state index is -1.10. The molecule has 0 fully saturated rings. The zero-order chi connectivity index (χ0) is 13.0. The number of benzene rings is 1. The van der Waals surface area contributed by atoms with E-state index in [-0.39, 0.29) is 17.8 Å². The number of hydrogen-bond acceptors (Lipinski definition) is 4. The van der Waals surface area contributed by atoms with Gasteiger partial charge in [0.25, 0.3) is 6.01 Å². The molecule has 0 saturated carbocycles. The summed E-state index contributed by atoms with van der Waals surface area (Å²) in [6, 6.07) is 10.1. The zero-order valence-corrected chi connectivity index (χ0v) is 9.96. The van der Waals surface area contributed by atoms with E-state index in [0.717, 1.165) is 18.2 Å². The summed E-state index contributed by atoms with van der Waals surface area (Å²) in [5.74, 6) is -1.10. The molecule has 5 heteroatoms. The normalized spacial score (nSPS) is 12.1. The summed E-state index contributed by atoms with van der Waals surface area (Å²) in [5.41, 5.74) is 1.01. The van der Waals surface area contributed by atoms with Crippen LogP contribution in [0.4, 0.5) is 6.01 Å². The molecule has 2 rings (SSSR count). The van der Waals surface area contributed by atoms with Gasteiger partial charge in [-0.15, -0.1) is 0 Å². The van der Waals surface area contributed by atoms with Gasteiger partial charge in [-0.1, -0.05) is 37.3 Å². The van der Waals surface area contributed by atoms with Crippen LogP contribution < -0.4 is 5.32 Å². The van der Waals surface area contributed by atoms with Crippen LogP contribution in [0.15, 0.2) is 41.0 Å². The summed E-state index contributed by atoms with van der Waals surface area (Å²) >= 11 is 0. The fourth-order valence-electron chi connectivity index (χ4n) is 1.69. The van der Waals surface area contributed by atoms with Crippen LogP contribution in [0.5, 0.6) is 0 Å². The van der Waals surface area contributed by atoms with Crippen LogP contribution in [0.2, 0.25) is 0 Å². The maximum Gasteiger partial charge on any atom is 0.357 e. The maximum atomic E-state index is 10.7. The first-order valence-electron chi connectivity index (χ1n) is 5.71. The molecule has 1 aromatic carbocycles. The lowest BCUT2D eigenvalue weighted by molar-refractivity contribution is 0.0690. The van der Waals surface area contributed by atoms with Gasteiger partial charge in [-0.2, -0.15) is 4.98 Å². The van der Waals surface area contributed by atoms with Crippen LogP contribution in [0.3, 0.4) is 0 Å². The summed E-state index contributed by atoms with van der Waals surface area (Å²) in [4.78, 5) is 14.5. The average molecular weight is 246 g/mol. The Morgan fingerprint density at radius 2 is 2.17 bits per heavy atom. The van der Waals surface area contributed by atoms with Crippen LogP contribution in [-0.4, -0.2) is 16.1 Å². The SMILES string of the molecule is CCC(Nc1nc(C(=O)O)co1)c1ccccc1. The molecule has 5 nitrogen and oxygen atoms in total. The highest BCUT2D eigenvalue weighted by molar-refractivity contribution is 5.85. The Morgan fingerprint density at radius 1 is 1.44 bits per heavy atom. The van der Waals surface area contributed by atoms with E-state index in [9.17, 15) is 4.79 Å². The highest BCUT2D eigenvalue weighted by Gasteiger charge is 2.14. The number of oxazole rings is 1. The molecule has 94 valence electrons. The van der Waals surface area contributed by atoms with Gasteiger partial charge in [0.05, 0.1) is 6.04 Å². The van der Waals surface area contributed by atoms with Crippen molar-refractivity contribution in [3.63, 3.8) is 0 Å². The van der Waals surface area contributed by atoms with Crippen molar-refractivity contribution in [2.45, 2.75) is 19.4 Å². The first-order chi connectivity index (χ1) is 8.70. The van der Waals surface area contributed by atoms with Gasteiger partial charge in [0.15, 0.2) is 5.69 Å². The van der Waals surface area contributed by atoms with Gasteiger partial charge in [0.2, 0.25) is 0 Å². The van der Waals surface area contributed by atoms with E-state index in [0.29, 0.717) is 0 Å². The number of carboxylic acids is 1. The Kier molecular flexibility index (Phi) is 3.62. The first kappa shape index (κ1) is 12.2. The average Bonchev–Trinajstić information content (AvgIpc) is 2.86. The van der Waals surface area contributed by atoms with E-state index in [4.69, 9.17) is 9.52 Å². The molecule has 1 atom stereocenters. The number of aromatic nitrogens is 1. The quantitative estimate of drug-likeness (QED) is 0.848. The molecule has 2 aromatic rings. The highest BCUT2D eigenvalue weighted by atomic mass is 16.4. The summed E-state index contributed by atoms with van der Waals surface area (Å²) < 4.78 is 5.08. The lowest BCUT2D eigenvalue weighted by atomic mass is 10.1. The van der Waals surface area contributed by atoms with E-state index in [1.165, 1.54) is 0 Å². The second-order valence-electron chi connectivity index (χ2n) is 3.86. The zero-order valence-electron chi connectivity index (χ0n) is 9.96. The number of anilines is 1. The van der Waals surface area contributed by atoms with Gasteiger partial charge >= 0.3 is 5.97 Å². The van der Waals surface area contributed by atoms with Crippen molar-refractivity contribution in [1.29, 1.82) is 0 Å². The molecule has 0 aliphatic heterocycles. The topological polar surface area (TPSA) is 75.4 Å². The summed E-state index contributed by atoms with van der Waals surface area (Å²) in [5, 5.41) is 11.8. The summed E-state index contributed by atoms with van der Waals surface area (Å²) in [6.45, 7) is 2.03. The van der Waals surface area contributed by atoms with Gasteiger partial charge in [0, 0.05) is 0 Å². The smallest absolute Gasteiger partial charge is 0.357 e. The van der Waals surface area contributed by atoms with E-state index < -0.39 is 5.97 Å². The van der Waals surface area contributed by atoms with Gasteiger partial charge in [-0.05, 0) is 12.0 Å². The second kappa shape index (κ2) is 5.35. The lowest BCUT2D eigenvalue weighted by Gasteiger charge is -2.15. The van der Waals surface area contributed by atoms with Crippen LogP contribution in [0.25, 0.3) is 0 Å². The molecule has 0 saturated heterocycles. The van der Waals surface area contributed by atoms with Gasteiger partial charge in [-0.25, -0.2) is 4.79 Å². The number of nitrogens with zero attached hydrogens (tertiary/aromatic N) is 1. The van der Waals surface area contributed by atoms with Crippen molar-refractivity contribution in [1.82, 2.24) is 4.98 Å². The summed E-state index contributed by atoms with van der Waals surface area (Å²) in [7, 11) is 0. The van der Waals surface area contributed by atoms with Gasteiger partial charge in [0.1, 0.15) is 6.26 Å². The van der Waals surface area contributed by atoms with Crippen molar-refractivity contribution >= 4 is 12.0 Å². The molecule has 1 unspecified atom stereocenters. The van der Waals surface area contributed by atoms with Crippen molar-refractivity contribution in [3.8, 4) is 0 Å². The van der Waals surface area contributed by atoms with Crippen LogP contribution >= 0.6 is 0 Å². The minimum absolute atomic E-state index is 0.0477. The highest BCUT2D eigenvalue weighted by Crippen LogP contribution is 2.21. The van der Waals surface area contributed by atoms with Crippen LogP contribution in [-0.2, 0) is 0 Å². The van der Waals surface area contributed by atoms with E-state index in [1.54, 1.807) is 0 Å². The molecule has 0 aliphatic rings. The molecule has 0 bridgehead atoms. The van der Waals surface area contributed by atoms with Crippen molar-refractivity contribution in [3.05, 3.63) is 47.9 Å². The van der Waals surface area contributed by atoms with Crippen LogP contribution in [0, 0.1) is 0 Å². The standard InChI is InChI=1S/C13H14N2O3/c1-2-10(9-6-4-3-5-7-9)14-13-15-11(8-18-13)12(16)17/h3-8,10H,2H2,1H3,(H,14,15)(H,16,17). The Balaban J connectivity index is 2.13. The predicted molar refractivity (Wildman–Crippen MR) is 66.6 cm³/mol. The fraction of sp³-hybridized carbons (Fsp3) is 0.231. The molecular formula is C13H14N2O3. The first-order valence-corrected chi connectivity index (χ1v) is 5.71. The van der Waals surface area contributed by atoms with Gasteiger partial charge in [-0.3, -0.25) is 0 Å². The van der Waals surface area contributed by atoms with Crippen molar-refractivity contribution in [2.75, 3.05) is 5.32 Å². The largest absolute Gasteiger partial charge is 0.476 e. The number of rotatable bonds is 5. The third kappa shape index (κ3) is 2.68. The number of carbonyl (C=O) groups is 1. The Hall–Kier alpha value is -2.30. The predicted octanol–water partition coefficient (Wildman–Crippen LogP) is 2.94. The molecule has 0 aliphatic carbocycles. The van der Waals surface area contributed by atoms with E-state index in [2.05, 4.69) is 10.3 Å². The molecule has 2 N–H and O–H groups in total. The Labute approximate surface area is 104 Å². The molecule has 1 aromatic heterocycles. The van der Waals surface area contributed by atoms with Crippen LogP contribution in [0.1, 0.15) is 35.4 Å². The minimum Gasteiger partial charge on any atom is -0.476 e. The Morgan fingerprint density at radius 3 is 2.72 bits per heavy atom. The third-order valence-corrected chi connectivity index (χ3v) is 2.63. The molecule has 18 heavy (non-hydrogen) atoms. The van der Waals surface area contributed by atoms with Crippen molar-refractivity contribution < 1.29 is 14.3 Å². The number of hydrogen-bond donors (Lipinski definition) is 2. The lowest BCUT2D eigenvalue weighted by Crippen LogP contribution is -2.10. The van der Waals surface area contributed by atoms with Crippen molar-refractivity contribution in [2.24, 2.45) is 0 Å². The molecule has 0 radical (unpaired) electrons. The fourth-order valence-corrected chi connectivity index (χ4v) is 1.69. The summed E-state index contributed by atoms with van der Waals surface area (Å²) in [6.07, 6.45) is 1.97. The number of carboxylic acid groups (broad SMARTS) is 1. The van der Waals surface area contributed by atoms with E-state index in [1.807, 2.05) is 37.3 Å². The number of aromatic carboxylic acids is 1. The van der Waals surface area contributed by atoms with E-state index >= 15 is 0 Å². The molecular weight excluding hydrogens is 232 g/mol. The second-order valence-corrected chi connectivity index (χ2v) is 3.86.